The van der Waals surface area contributed by atoms with Crippen LogP contribution in [-0.2, 0) is 27.8 Å². The molecule has 37 heavy (non-hydrogen) atoms. The molecule has 0 bridgehead atoms. The van der Waals surface area contributed by atoms with E-state index in [1.54, 1.807) is 6.20 Å². The third-order valence-corrected chi connectivity index (χ3v) is 9.07. The molecule has 1 N–H and O–H groups in total. The largest absolute Gasteiger partial charge is 0.312 e. The van der Waals surface area contributed by atoms with Crippen LogP contribution in [-0.4, -0.2) is 39.6 Å². The SMILES string of the molecule is CC(C)CC1=NC2(CCCCCC2)N(CC(C)c2ccc3c(c2)CC2(C3)C(=O)Nc3ncccc32)C1=O. The molecule has 6 heteroatoms. The van der Waals surface area contributed by atoms with E-state index in [9.17, 15) is 9.59 Å². The second kappa shape index (κ2) is 9.07. The monoisotopic (exact) mass is 498 g/mol. The van der Waals surface area contributed by atoms with Gasteiger partial charge in [0.15, 0.2) is 0 Å². The number of hydrogen-bond acceptors (Lipinski definition) is 4. The molecule has 4 aliphatic rings. The third kappa shape index (κ3) is 4.00. The topological polar surface area (TPSA) is 74.7 Å². The van der Waals surface area contributed by atoms with Crippen LogP contribution in [0.15, 0.2) is 41.5 Å². The molecule has 1 saturated carbocycles. The molecule has 1 fully saturated rings. The molecular formula is C31H38N4O2. The van der Waals surface area contributed by atoms with Crippen molar-refractivity contribution < 1.29 is 9.59 Å². The lowest BCUT2D eigenvalue weighted by Crippen LogP contribution is -2.48. The van der Waals surface area contributed by atoms with Crippen LogP contribution < -0.4 is 5.32 Å². The Morgan fingerprint density at radius 1 is 1.00 bits per heavy atom. The quantitative estimate of drug-likeness (QED) is 0.587. The highest BCUT2D eigenvalue weighted by Crippen LogP contribution is 2.47. The minimum Gasteiger partial charge on any atom is -0.312 e. The molecule has 194 valence electrons. The van der Waals surface area contributed by atoms with Gasteiger partial charge in [0.05, 0.1) is 5.41 Å². The summed E-state index contributed by atoms with van der Waals surface area (Å²) in [6.07, 6.45) is 10.6. The first kappa shape index (κ1) is 24.3. The number of aromatic nitrogens is 1. The number of carbonyl (C=O) groups is 2. The molecule has 2 atom stereocenters. The fraction of sp³-hybridized carbons (Fsp3) is 0.548. The maximum absolute atomic E-state index is 13.6. The van der Waals surface area contributed by atoms with Crippen molar-refractivity contribution in [2.45, 2.75) is 95.6 Å². The van der Waals surface area contributed by atoms with Gasteiger partial charge in [-0.3, -0.25) is 14.6 Å². The van der Waals surface area contributed by atoms with Crippen LogP contribution in [0.1, 0.15) is 93.9 Å². The molecule has 2 amide bonds. The molecule has 1 aromatic carbocycles. The molecule has 2 aromatic rings. The van der Waals surface area contributed by atoms with Crippen LogP contribution in [0.3, 0.4) is 0 Å². The van der Waals surface area contributed by atoms with Gasteiger partial charge in [-0.1, -0.05) is 57.9 Å². The second-order valence-corrected chi connectivity index (χ2v) is 12.2. The zero-order chi connectivity index (χ0) is 25.8. The van der Waals surface area contributed by atoms with Gasteiger partial charge in [-0.25, -0.2) is 4.98 Å². The number of nitrogens with one attached hydrogen (secondary N) is 1. The molecule has 3 heterocycles. The van der Waals surface area contributed by atoms with Gasteiger partial charge in [0.2, 0.25) is 5.91 Å². The number of fused-ring (bicyclic) bond motifs is 3. The Balaban J connectivity index is 1.25. The van der Waals surface area contributed by atoms with Crippen LogP contribution in [0.25, 0.3) is 0 Å². The predicted octanol–water partition coefficient (Wildman–Crippen LogP) is 5.55. The summed E-state index contributed by atoms with van der Waals surface area (Å²) >= 11 is 0. The predicted molar refractivity (Wildman–Crippen MR) is 146 cm³/mol. The maximum atomic E-state index is 13.6. The summed E-state index contributed by atoms with van der Waals surface area (Å²) in [4.78, 5) is 38.4. The van der Waals surface area contributed by atoms with Crippen molar-refractivity contribution in [2.75, 3.05) is 11.9 Å². The fourth-order valence-electron chi connectivity index (χ4n) is 7.13. The van der Waals surface area contributed by atoms with Crippen molar-refractivity contribution in [1.82, 2.24) is 9.88 Å². The lowest BCUT2D eigenvalue weighted by molar-refractivity contribution is -0.128. The van der Waals surface area contributed by atoms with Crippen LogP contribution >= 0.6 is 0 Å². The third-order valence-electron chi connectivity index (χ3n) is 9.07. The van der Waals surface area contributed by atoms with Gasteiger partial charge in [-0.2, -0.15) is 0 Å². The summed E-state index contributed by atoms with van der Waals surface area (Å²) in [6.45, 7) is 7.24. The Hall–Kier alpha value is -3.02. The van der Waals surface area contributed by atoms with Gasteiger partial charge in [0.25, 0.3) is 5.91 Å². The maximum Gasteiger partial charge on any atom is 0.269 e. The van der Waals surface area contributed by atoms with Crippen molar-refractivity contribution in [3.63, 3.8) is 0 Å². The highest BCUT2D eigenvalue weighted by molar-refractivity contribution is 6.40. The zero-order valence-electron chi connectivity index (χ0n) is 22.3. The average Bonchev–Trinajstić information content (AvgIpc) is 3.38. The number of pyridine rings is 1. The van der Waals surface area contributed by atoms with E-state index >= 15 is 0 Å². The first-order chi connectivity index (χ1) is 17.8. The number of carbonyl (C=O) groups excluding carboxylic acids is 2. The first-order valence-electron chi connectivity index (χ1n) is 14.1. The van der Waals surface area contributed by atoms with Gasteiger partial charge in [-0.15, -0.1) is 0 Å². The van der Waals surface area contributed by atoms with E-state index in [0.29, 0.717) is 31.1 Å². The lowest BCUT2D eigenvalue weighted by atomic mass is 9.79. The Bertz CT molecular complexity index is 1270. The summed E-state index contributed by atoms with van der Waals surface area (Å²) < 4.78 is 0. The summed E-state index contributed by atoms with van der Waals surface area (Å²) in [5.41, 5.74) is 4.59. The van der Waals surface area contributed by atoms with Crippen LogP contribution in [0, 0.1) is 5.92 Å². The van der Waals surface area contributed by atoms with Gasteiger partial charge < -0.3 is 10.2 Å². The molecule has 2 aliphatic carbocycles. The average molecular weight is 499 g/mol. The molecule has 0 saturated heterocycles. The van der Waals surface area contributed by atoms with Crippen molar-refractivity contribution in [1.29, 1.82) is 0 Å². The highest BCUT2D eigenvalue weighted by Gasteiger charge is 2.51. The number of rotatable bonds is 5. The minimum atomic E-state index is -0.553. The number of benzene rings is 1. The van der Waals surface area contributed by atoms with E-state index in [0.717, 1.165) is 43.4 Å². The van der Waals surface area contributed by atoms with E-state index < -0.39 is 5.41 Å². The Morgan fingerprint density at radius 2 is 1.76 bits per heavy atom. The summed E-state index contributed by atoms with van der Waals surface area (Å²) in [5.74, 6) is 1.51. The second-order valence-electron chi connectivity index (χ2n) is 12.2. The standard InChI is InChI=1S/C31H38N4O2/c1-20(2)15-26-28(36)35(31(34-26)12-6-4-5-7-13-31)19-21(3)22-10-11-23-17-30(18-24(23)16-22)25-9-8-14-32-27(25)33-29(30)37/h8-11,14,16,20-21H,4-7,12-13,15,17-19H2,1-3H3,(H,32,33,37). The van der Waals surface area contributed by atoms with E-state index in [1.165, 1.54) is 29.5 Å². The van der Waals surface area contributed by atoms with Crippen molar-refractivity contribution >= 4 is 23.3 Å². The number of hydrogen-bond donors (Lipinski definition) is 1. The number of amides is 2. The summed E-state index contributed by atoms with van der Waals surface area (Å²) in [6, 6.07) is 10.6. The molecule has 0 radical (unpaired) electrons. The minimum absolute atomic E-state index is 0.0554. The molecule has 2 unspecified atom stereocenters. The number of nitrogens with zero attached hydrogens (tertiary/aromatic N) is 3. The van der Waals surface area contributed by atoms with E-state index in [-0.39, 0.29) is 23.4 Å². The Labute approximate surface area is 220 Å². The van der Waals surface area contributed by atoms with Gasteiger partial charge in [0.1, 0.15) is 17.2 Å². The van der Waals surface area contributed by atoms with Gasteiger partial charge >= 0.3 is 0 Å². The summed E-state index contributed by atoms with van der Waals surface area (Å²) in [7, 11) is 0. The number of aliphatic imine (C=N–C) groups is 1. The van der Waals surface area contributed by atoms with E-state index in [4.69, 9.17) is 4.99 Å². The molecule has 6 rings (SSSR count). The molecule has 1 aromatic heterocycles. The Morgan fingerprint density at radius 3 is 2.51 bits per heavy atom. The molecular weight excluding hydrogens is 460 g/mol. The smallest absolute Gasteiger partial charge is 0.269 e. The van der Waals surface area contributed by atoms with Crippen molar-refractivity contribution in [2.24, 2.45) is 10.9 Å². The van der Waals surface area contributed by atoms with Gasteiger partial charge in [-0.05, 0) is 79.5 Å². The molecule has 2 spiro atoms. The molecule has 2 aliphatic heterocycles. The molecule has 6 nitrogen and oxygen atoms in total. The van der Waals surface area contributed by atoms with Gasteiger partial charge in [0, 0.05) is 18.3 Å². The summed E-state index contributed by atoms with van der Waals surface area (Å²) in [5, 5.41) is 3.00. The number of anilines is 1. The highest BCUT2D eigenvalue weighted by atomic mass is 16.2. The van der Waals surface area contributed by atoms with Crippen molar-refractivity contribution in [3.05, 3.63) is 58.8 Å². The zero-order valence-corrected chi connectivity index (χ0v) is 22.3. The van der Waals surface area contributed by atoms with Crippen LogP contribution in [0.5, 0.6) is 0 Å². The first-order valence-corrected chi connectivity index (χ1v) is 14.1. The normalized spacial score (nSPS) is 24.9. The van der Waals surface area contributed by atoms with E-state index in [2.05, 4.69) is 54.2 Å². The van der Waals surface area contributed by atoms with Crippen LogP contribution in [0.4, 0.5) is 5.82 Å². The fourth-order valence-corrected chi connectivity index (χ4v) is 7.13. The van der Waals surface area contributed by atoms with Crippen molar-refractivity contribution in [3.8, 4) is 0 Å². The Kier molecular flexibility index (Phi) is 5.96. The van der Waals surface area contributed by atoms with E-state index in [1.807, 2.05) is 12.1 Å². The van der Waals surface area contributed by atoms with Crippen LogP contribution in [0.2, 0.25) is 0 Å². The lowest BCUT2D eigenvalue weighted by Gasteiger charge is -2.37.